The molecule has 0 spiro atoms. The first-order valence-corrected chi connectivity index (χ1v) is 13.3. The fourth-order valence-electron chi connectivity index (χ4n) is 4.89. The number of hydrogen-bond acceptors (Lipinski definition) is 8. The SMILES string of the molecule is CCn1c(-c2cnc(C)nc2)nc2c(NC3CCC(NC(=O)c4ccccc4)=C(C(=N)C(C)C)C3)ncnc21. The summed E-state index contributed by atoms with van der Waals surface area (Å²) in [6.45, 7) is 8.60. The first-order chi connectivity index (χ1) is 18.9. The van der Waals surface area contributed by atoms with Gasteiger partial charge in [0, 0.05) is 42.0 Å². The molecule has 0 saturated heterocycles. The van der Waals surface area contributed by atoms with Crippen LogP contribution in [-0.2, 0) is 6.54 Å². The summed E-state index contributed by atoms with van der Waals surface area (Å²) < 4.78 is 2.04. The lowest BCUT2D eigenvalue weighted by Crippen LogP contribution is -2.34. The number of allylic oxidation sites excluding steroid dienone is 1. The van der Waals surface area contributed by atoms with Crippen LogP contribution in [0.1, 0.15) is 56.2 Å². The average molecular weight is 524 g/mol. The first kappa shape index (κ1) is 26.1. The highest BCUT2D eigenvalue weighted by molar-refractivity contribution is 6.02. The third-order valence-corrected chi connectivity index (χ3v) is 6.99. The molecule has 3 aromatic heterocycles. The Kier molecular flexibility index (Phi) is 7.44. The lowest BCUT2D eigenvalue weighted by atomic mass is 9.85. The van der Waals surface area contributed by atoms with Gasteiger partial charge in [-0.15, -0.1) is 0 Å². The quantitative estimate of drug-likeness (QED) is 0.279. The average Bonchev–Trinajstić information content (AvgIpc) is 3.34. The monoisotopic (exact) mass is 523 g/mol. The Labute approximate surface area is 227 Å². The number of fused-ring (bicyclic) bond motifs is 1. The molecule has 0 radical (unpaired) electrons. The summed E-state index contributed by atoms with van der Waals surface area (Å²) in [4.78, 5) is 35.5. The number of amides is 1. The molecule has 1 aromatic carbocycles. The lowest BCUT2D eigenvalue weighted by molar-refractivity contribution is 0.0963. The number of nitrogens with one attached hydrogen (secondary N) is 3. The van der Waals surface area contributed by atoms with E-state index >= 15 is 0 Å². The smallest absolute Gasteiger partial charge is 0.255 e. The van der Waals surface area contributed by atoms with Gasteiger partial charge in [0.1, 0.15) is 18.0 Å². The van der Waals surface area contributed by atoms with Crippen LogP contribution in [0.5, 0.6) is 0 Å². The first-order valence-electron chi connectivity index (χ1n) is 13.3. The highest BCUT2D eigenvalue weighted by Gasteiger charge is 2.27. The summed E-state index contributed by atoms with van der Waals surface area (Å²) in [7, 11) is 0. The van der Waals surface area contributed by atoms with Crippen molar-refractivity contribution < 1.29 is 4.79 Å². The molecule has 4 aromatic rings. The number of aromatic nitrogens is 6. The fraction of sp³-hybridized carbons (Fsp3) is 0.345. The minimum absolute atomic E-state index is 0.0208. The van der Waals surface area contributed by atoms with Gasteiger partial charge in [0.05, 0.1) is 5.56 Å². The number of carbonyl (C=O) groups excluding carboxylic acids is 1. The van der Waals surface area contributed by atoms with Crippen molar-refractivity contribution in [3.05, 3.63) is 71.7 Å². The molecule has 1 aliphatic rings. The maximum Gasteiger partial charge on any atom is 0.255 e. The Morgan fingerprint density at radius 3 is 2.56 bits per heavy atom. The zero-order valence-electron chi connectivity index (χ0n) is 22.7. The Bertz CT molecular complexity index is 1540. The van der Waals surface area contributed by atoms with Gasteiger partial charge in [-0.25, -0.2) is 24.9 Å². The van der Waals surface area contributed by atoms with Crippen molar-refractivity contribution in [2.75, 3.05) is 5.32 Å². The predicted octanol–water partition coefficient (Wildman–Crippen LogP) is 4.94. The second-order valence-electron chi connectivity index (χ2n) is 10.0. The molecule has 0 saturated carbocycles. The molecular weight excluding hydrogens is 490 g/mol. The van der Waals surface area contributed by atoms with Crippen molar-refractivity contribution in [2.24, 2.45) is 5.92 Å². The summed E-state index contributed by atoms with van der Waals surface area (Å²) in [5.74, 6) is 1.98. The fourth-order valence-corrected chi connectivity index (χ4v) is 4.89. The molecule has 3 N–H and O–H groups in total. The van der Waals surface area contributed by atoms with Crippen molar-refractivity contribution in [1.29, 1.82) is 5.41 Å². The van der Waals surface area contributed by atoms with Crippen molar-refractivity contribution in [3.63, 3.8) is 0 Å². The minimum Gasteiger partial charge on any atom is -0.365 e. The number of benzene rings is 1. The van der Waals surface area contributed by atoms with Crippen molar-refractivity contribution in [2.45, 2.75) is 59.5 Å². The molecule has 1 unspecified atom stereocenters. The van der Waals surface area contributed by atoms with Gasteiger partial charge in [-0.05, 0) is 56.7 Å². The number of carbonyl (C=O) groups is 1. The molecular formula is C29H33N9O. The van der Waals surface area contributed by atoms with Gasteiger partial charge in [-0.3, -0.25) is 4.79 Å². The molecule has 10 heteroatoms. The molecule has 0 aliphatic heterocycles. The number of aryl methyl sites for hydroxylation is 2. The third-order valence-electron chi connectivity index (χ3n) is 6.99. The third kappa shape index (κ3) is 5.41. The largest absolute Gasteiger partial charge is 0.365 e. The highest BCUT2D eigenvalue weighted by Crippen LogP contribution is 2.31. The molecule has 10 nitrogen and oxygen atoms in total. The normalized spacial score (nSPS) is 15.6. The van der Waals surface area contributed by atoms with E-state index < -0.39 is 0 Å². The Morgan fingerprint density at radius 1 is 1.13 bits per heavy atom. The van der Waals surface area contributed by atoms with E-state index in [1.807, 2.05) is 43.5 Å². The topological polar surface area (TPSA) is 134 Å². The van der Waals surface area contributed by atoms with E-state index in [1.54, 1.807) is 30.9 Å². The standard InChI is InChI=1S/C29H33N9O/c1-5-38-27(20-14-31-18(4)32-15-20)37-25-26(33-16-34-28(25)38)35-21-11-12-23(22(13-21)24(30)17(2)3)36-29(39)19-9-7-6-8-10-19/h6-10,14-17,21,30H,5,11-13H2,1-4H3,(H,36,39)(H,33,34,35). The van der Waals surface area contributed by atoms with Crippen LogP contribution in [-0.4, -0.2) is 47.1 Å². The molecule has 1 aliphatic carbocycles. The molecule has 0 fully saturated rings. The van der Waals surface area contributed by atoms with E-state index in [-0.39, 0.29) is 17.9 Å². The van der Waals surface area contributed by atoms with Crippen LogP contribution in [0.3, 0.4) is 0 Å². The van der Waals surface area contributed by atoms with Gasteiger partial charge in [-0.1, -0.05) is 32.0 Å². The van der Waals surface area contributed by atoms with Crippen molar-refractivity contribution in [3.8, 4) is 11.4 Å². The van der Waals surface area contributed by atoms with Crippen molar-refractivity contribution in [1.82, 2.24) is 34.8 Å². The number of hydrogen-bond donors (Lipinski definition) is 3. The summed E-state index contributed by atoms with van der Waals surface area (Å²) in [5, 5.41) is 15.5. The number of rotatable bonds is 8. The van der Waals surface area contributed by atoms with Crippen LogP contribution < -0.4 is 10.6 Å². The molecule has 1 amide bonds. The van der Waals surface area contributed by atoms with E-state index in [2.05, 4.69) is 37.5 Å². The summed E-state index contributed by atoms with van der Waals surface area (Å²) in [6, 6.07) is 9.19. The second-order valence-corrected chi connectivity index (χ2v) is 10.0. The van der Waals surface area contributed by atoms with Crippen LogP contribution in [0.25, 0.3) is 22.6 Å². The van der Waals surface area contributed by atoms with E-state index in [0.29, 0.717) is 47.8 Å². The van der Waals surface area contributed by atoms with Crippen LogP contribution >= 0.6 is 0 Å². The number of imidazole rings is 1. The molecule has 3 heterocycles. The van der Waals surface area contributed by atoms with E-state index in [4.69, 9.17) is 10.4 Å². The van der Waals surface area contributed by atoms with Gasteiger partial charge in [0.25, 0.3) is 5.91 Å². The maximum absolute atomic E-state index is 12.9. The van der Waals surface area contributed by atoms with Gasteiger partial charge >= 0.3 is 0 Å². The van der Waals surface area contributed by atoms with E-state index in [0.717, 1.165) is 34.7 Å². The molecule has 5 rings (SSSR count). The summed E-state index contributed by atoms with van der Waals surface area (Å²) in [6.07, 6.45) is 7.12. The Balaban J connectivity index is 1.44. The number of anilines is 1. The molecule has 39 heavy (non-hydrogen) atoms. The summed E-state index contributed by atoms with van der Waals surface area (Å²) in [5.41, 5.74) is 5.08. The minimum atomic E-state index is -0.152. The van der Waals surface area contributed by atoms with Gasteiger partial charge in [0.15, 0.2) is 17.0 Å². The molecule has 0 bridgehead atoms. The lowest BCUT2D eigenvalue weighted by Gasteiger charge is -2.30. The Hall–Kier alpha value is -4.47. The molecule has 1 atom stereocenters. The predicted molar refractivity (Wildman–Crippen MR) is 152 cm³/mol. The second kappa shape index (κ2) is 11.1. The number of nitrogens with zero attached hydrogens (tertiary/aromatic N) is 6. The zero-order valence-corrected chi connectivity index (χ0v) is 22.7. The maximum atomic E-state index is 12.9. The van der Waals surface area contributed by atoms with E-state index in [1.165, 1.54) is 0 Å². The zero-order chi connectivity index (χ0) is 27.5. The van der Waals surface area contributed by atoms with Crippen LogP contribution in [0.4, 0.5) is 5.82 Å². The van der Waals surface area contributed by atoms with Crippen LogP contribution in [0, 0.1) is 18.3 Å². The highest BCUT2D eigenvalue weighted by atomic mass is 16.1. The van der Waals surface area contributed by atoms with Gasteiger partial charge in [-0.2, -0.15) is 0 Å². The van der Waals surface area contributed by atoms with Crippen LogP contribution in [0.15, 0.2) is 60.3 Å². The van der Waals surface area contributed by atoms with Gasteiger partial charge < -0.3 is 20.6 Å². The molecule has 200 valence electrons. The Morgan fingerprint density at radius 2 is 1.87 bits per heavy atom. The van der Waals surface area contributed by atoms with E-state index in [9.17, 15) is 4.79 Å². The van der Waals surface area contributed by atoms with Gasteiger partial charge in [0.2, 0.25) is 0 Å². The van der Waals surface area contributed by atoms with Crippen LogP contribution in [0.2, 0.25) is 0 Å². The summed E-state index contributed by atoms with van der Waals surface area (Å²) >= 11 is 0. The van der Waals surface area contributed by atoms with Crippen molar-refractivity contribution >= 4 is 28.6 Å².